The van der Waals surface area contributed by atoms with Crippen molar-refractivity contribution in [2.75, 3.05) is 50.0 Å². The average Bonchev–Trinajstić information content (AvgIpc) is 3.56. The highest BCUT2D eigenvalue weighted by Crippen LogP contribution is 2.19. The van der Waals surface area contributed by atoms with Crippen molar-refractivity contribution in [3.63, 3.8) is 0 Å². The van der Waals surface area contributed by atoms with Gasteiger partial charge in [0.2, 0.25) is 5.91 Å². The second-order valence-electron chi connectivity index (χ2n) is 9.40. The number of aromatic nitrogens is 3. The Balaban J connectivity index is 1.32. The molecule has 0 aliphatic carbocycles. The molecule has 1 aliphatic heterocycles. The molecule has 0 bridgehead atoms. The standard InChI is InChI=1S/C25H32N8O6/c1-29-16-20(33(37)38)12-19(29)13-23(34)27-17-10-22(31(3)14-17)25(36)28-18-11-21(30(2)15-18)24(35)26-4-5-32-6-8-39-9-7-32/h10-12,14-16H,4-9,13H2,1-3H3,(H,26,35)(H,27,34)(H,28,36). The number of rotatable bonds is 10. The van der Waals surface area contributed by atoms with Crippen molar-refractivity contribution < 1.29 is 24.0 Å². The van der Waals surface area contributed by atoms with Crippen molar-refractivity contribution in [3.8, 4) is 0 Å². The number of anilines is 2. The van der Waals surface area contributed by atoms with Crippen molar-refractivity contribution in [3.05, 3.63) is 64.0 Å². The second kappa shape index (κ2) is 12.0. The molecule has 14 nitrogen and oxygen atoms in total. The predicted molar refractivity (Wildman–Crippen MR) is 143 cm³/mol. The first-order chi connectivity index (χ1) is 18.6. The molecule has 1 fully saturated rings. The number of carbonyl (C=O) groups is 3. The quantitative estimate of drug-likeness (QED) is 0.257. The lowest BCUT2D eigenvalue weighted by Crippen LogP contribution is -2.41. The summed E-state index contributed by atoms with van der Waals surface area (Å²) < 4.78 is 10.1. The van der Waals surface area contributed by atoms with E-state index in [1.54, 1.807) is 48.7 Å². The van der Waals surface area contributed by atoms with Gasteiger partial charge in [-0.15, -0.1) is 0 Å². The van der Waals surface area contributed by atoms with Gasteiger partial charge < -0.3 is 34.4 Å². The third-order valence-corrected chi connectivity index (χ3v) is 6.48. The van der Waals surface area contributed by atoms with Gasteiger partial charge in [-0.2, -0.15) is 0 Å². The van der Waals surface area contributed by atoms with E-state index in [1.165, 1.54) is 22.9 Å². The van der Waals surface area contributed by atoms with E-state index in [2.05, 4.69) is 20.9 Å². The maximum absolute atomic E-state index is 12.9. The molecular formula is C25H32N8O6. The van der Waals surface area contributed by atoms with Crippen LogP contribution in [0.25, 0.3) is 0 Å². The van der Waals surface area contributed by atoms with Crippen LogP contribution >= 0.6 is 0 Å². The van der Waals surface area contributed by atoms with Crippen LogP contribution in [0.4, 0.5) is 17.1 Å². The molecule has 208 valence electrons. The van der Waals surface area contributed by atoms with Crippen LogP contribution in [0.3, 0.4) is 0 Å². The minimum absolute atomic E-state index is 0.0674. The topological polar surface area (TPSA) is 158 Å². The van der Waals surface area contributed by atoms with Gasteiger partial charge in [-0.1, -0.05) is 0 Å². The van der Waals surface area contributed by atoms with Crippen LogP contribution < -0.4 is 16.0 Å². The Morgan fingerprint density at radius 2 is 1.51 bits per heavy atom. The fraction of sp³-hybridized carbons (Fsp3) is 0.400. The van der Waals surface area contributed by atoms with E-state index < -0.39 is 10.8 Å². The lowest BCUT2D eigenvalue weighted by Gasteiger charge is -2.26. The zero-order valence-corrected chi connectivity index (χ0v) is 22.1. The van der Waals surface area contributed by atoms with Crippen molar-refractivity contribution in [2.45, 2.75) is 6.42 Å². The van der Waals surface area contributed by atoms with E-state index in [1.807, 2.05) is 0 Å². The number of aryl methyl sites for hydroxylation is 3. The average molecular weight is 541 g/mol. The summed E-state index contributed by atoms with van der Waals surface area (Å²) in [6.45, 7) is 4.33. The highest BCUT2D eigenvalue weighted by molar-refractivity contribution is 6.05. The van der Waals surface area contributed by atoms with Gasteiger partial charge in [0, 0.05) is 71.5 Å². The number of amides is 3. The number of hydrogen-bond acceptors (Lipinski definition) is 7. The molecule has 0 aromatic carbocycles. The van der Waals surface area contributed by atoms with Crippen molar-refractivity contribution in [1.82, 2.24) is 23.9 Å². The SMILES string of the molecule is Cn1cc([N+](=O)[O-])cc1CC(=O)Nc1cc(C(=O)Nc2cc(C(=O)NCCN3CCOCC3)n(C)c2)n(C)c1. The highest BCUT2D eigenvalue weighted by Gasteiger charge is 2.19. The first kappa shape index (κ1) is 27.6. The molecule has 3 amide bonds. The summed E-state index contributed by atoms with van der Waals surface area (Å²) in [6.07, 6.45) is 4.53. The monoisotopic (exact) mass is 540 g/mol. The lowest BCUT2D eigenvalue weighted by molar-refractivity contribution is -0.384. The predicted octanol–water partition coefficient (Wildman–Crippen LogP) is 1.11. The molecule has 3 aromatic rings. The van der Waals surface area contributed by atoms with Gasteiger partial charge >= 0.3 is 0 Å². The lowest BCUT2D eigenvalue weighted by atomic mass is 10.3. The second-order valence-corrected chi connectivity index (χ2v) is 9.40. The summed E-state index contributed by atoms with van der Waals surface area (Å²) in [5.41, 5.74) is 1.96. The van der Waals surface area contributed by atoms with E-state index in [0.717, 1.165) is 19.6 Å². The van der Waals surface area contributed by atoms with Crippen molar-refractivity contribution in [1.29, 1.82) is 0 Å². The fourth-order valence-electron chi connectivity index (χ4n) is 4.39. The number of hydrogen-bond donors (Lipinski definition) is 3. The van der Waals surface area contributed by atoms with Crippen LogP contribution in [-0.4, -0.2) is 80.6 Å². The van der Waals surface area contributed by atoms with Gasteiger partial charge in [-0.25, -0.2) is 0 Å². The summed E-state index contributed by atoms with van der Waals surface area (Å²) in [5, 5.41) is 19.4. The molecule has 14 heteroatoms. The summed E-state index contributed by atoms with van der Waals surface area (Å²) in [5.74, 6) is -1.03. The summed E-state index contributed by atoms with van der Waals surface area (Å²) >= 11 is 0. The zero-order chi connectivity index (χ0) is 28.1. The molecular weight excluding hydrogens is 508 g/mol. The van der Waals surface area contributed by atoms with Gasteiger partial charge in [-0.3, -0.25) is 29.4 Å². The number of nitrogens with one attached hydrogen (secondary N) is 3. The van der Waals surface area contributed by atoms with Crippen LogP contribution in [0.1, 0.15) is 26.7 Å². The molecule has 39 heavy (non-hydrogen) atoms. The third-order valence-electron chi connectivity index (χ3n) is 6.48. The van der Waals surface area contributed by atoms with Crippen molar-refractivity contribution >= 4 is 34.8 Å². The van der Waals surface area contributed by atoms with Crippen LogP contribution in [0.15, 0.2) is 36.8 Å². The Labute approximate surface area is 224 Å². The molecule has 4 rings (SSSR count). The molecule has 3 aromatic heterocycles. The first-order valence-electron chi connectivity index (χ1n) is 12.4. The Morgan fingerprint density at radius 3 is 2.13 bits per heavy atom. The van der Waals surface area contributed by atoms with Gasteiger partial charge in [0.1, 0.15) is 11.4 Å². The van der Waals surface area contributed by atoms with Gasteiger partial charge in [0.05, 0.1) is 42.1 Å². The molecule has 0 radical (unpaired) electrons. The summed E-state index contributed by atoms with van der Waals surface area (Å²) in [6, 6.07) is 4.48. The van der Waals surface area contributed by atoms with E-state index in [-0.39, 0.29) is 23.9 Å². The van der Waals surface area contributed by atoms with Crippen LogP contribution in [0.5, 0.6) is 0 Å². The van der Waals surface area contributed by atoms with E-state index in [0.29, 0.717) is 48.2 Å². The molecule has 4 heterocycles. The van der Waals surface area contributed by atoms with Crippen molar-refractivity contribution in [2.24, 2.45) is 21.1 Å². The number of ether oxygens (including phenoxy) is 1. The van der Waals surface area contributed by atoms with Crippen LogP contribution in [-0.2, 0) is 37.1 Å². The first-order valence-corrected chi connectivity index (χ1v) is 12.4. The Morgan fingerprint density at radius 1 is 0.897 bits per heavy atom. The molecule has 1 saturated heterocycles. The van der Waals surface area contributed by atoms with Crippen LogP contribution in [0, 0.1) is 10.1 Å². The number of nitrogens with zero attached hydrogens (tertiary/aromatic N) is 5. The number of morpholine rings is 1. The molecule has 0 saturated carbocycles. The van der Waals surface area contributed by atoms with Gasteiger partial charge in [0.25, 0.3) is 17.5 Å². The van der Waals surface area contributed by atoms with E-state index in [4.69, 9.17) is 4.74 Å². The number of nitro groups is 1. The smallest absolute Gasteiger partial charge is 0.287 e. The zero-order valence-electron chi connectivity index (χ0n) is 22.1. The van der Waals surface area contributed by atoms with Crippen LogP contribution in [0.2, 0.25) is 0 Å². The highest BCUT2D eigenvalue weighted by atomic mass is 16.6. The minimum Gasteiger partial charge on any atom is -0.379 e. The number of carbonyl (C=O) groups excluding carboxylic acids is 3. The van der Waals surface area contributed by atoms with E-state index in [9.17, 15) is 24.5 Å². The summed E-state index contributed by atoms with van der Waals surface area (Å²) in [7, 11) is 5.03. The minimum atomic E-state index is -0.516. The third kappa shape index (κ3) is 6.91. The fourth-order valence-corrected chi connectivity index (χ4v) is 4.39. The Hall–Kier alpha value is -4.43. The molecule has 0 spiro atoms. The maximum atomic E-state index is 12.9. The Kier molecular flexibility index (Phi) is 8.46. The summed E-state index contributed by atoms with van der Waals surface area (Å²) in [4.78, 5) is 50.8. The van der Waals surface area contributed by atoms with E-state index >= 15 is 0 Å². The molecule has 0 atom stereocenters. The molecule has 0 unspecified atom stereocenters. The molecule has 1 aliphatic rings. The van der Waals surface area contributed by atoms with Gasteiger partial charge in [-0.05, 0) is 12.1 Å². The normalized spacial score (nSPS) is 13.7. The largest absolute Gasteiger partial charge is 0.379 e. The molecule has 3 N–H and O–H groups in total. The maximum Gasteiger partial charge on any atom is 0.287 e. The Bertz CT molecular complexity index is 1380. The van der Waals surface area contributed by atoms with Gasteiger partial charge in [0.15, 0.2) is 0 Å².